The Bertz CT molecular complexity index is 653. The average Bonchev–Trinajstić information content (AvgIpc) is 2.86. The Hall–Kier alpha value is -1.32. The van der Waals surface area contributed by atoms with Crippen LogP contribution in [0.15, 0.2) is 6.20 Å². The molecule has 0 radical (unpaired) electrons. The molecule has 1 atom stereocenters. The third-order valence-corrected chi connectivity index (χ3v) is 5.59. The van der Waals surface area contributed by atoms with Crippen LogP contribution in [0.4, 0.5) is 5.13 Å². The SMILES string of the molecule is CC(=O)c1cnc(NC(=O)[C@@H]2CCCN(S(C)(=O)=O)C2)s1. The maximum atomic E-state index is 12.2. The molecule has 1 aliphatic rings. The summed E-state index contributed by atoms with van der Waals surface area (Å²) in [5.41, 5.74) is 0. The number of ketones is 1. The highest BCUT2D eigenvalue weighted by Gasteiger charge is 2.30. The number of carbonyl (C=O) groups is 2. The fourth-order valence-corrected chi connectivity index (χ4v) is 3.79. The van der Waals surface area contributed by atoms with Gasteiger partial charge < -0.3 is 5.32 Å². The van der Waals surface area contributed by atoms with Gasteiger partial charge in [0, 0.05) is 20.0 Å². The van der Waals surface area contributed by atoms with Crippen molar-refractivity contribution in [2.45, 2.75) is 19.8 Å². The van der Waals surface area contributed by atoms with Gasteiger partial charge in [0.15, 0.2) is 10.9 Å². The Morgan fingerprint density at radius 3 is 2.76 bits per heavy atom. The fraction of sp³-hybridized carbons (Fsp3) is 0.583. The first kappa shape index (κ1) is 16.1. The topological polar surface area (TPSA) is 96.4 Å². The van der Waals surface area contributed by atoms with E-state index in [1.807, 2.05) is 0 Å². The summed E-state index contributed by atoms with van der Waals surface area (Å²) in [6, 6.07) is 0. The molecule has 2 heterocycles. The van der Waals surface area contributed by atoms with Crippen molar-refractivity contribution in [1.29, 1.82) is 0 Å². The maximum Gasteiger partial charge on any atom is 0.230 e. The van der Waals surface area contributed by atoms with Crippen LogP contribution in [0, 0.1) is 5.92 Å². The molecule has 1 amide bonds. The molecule has 21 heavy (non-hydrogen) atoms. The molecule has 0 aromatic carbocycles. The van der Waals surface area contributed by atoms with Gasteiger partial charge >= 0.3 is 0 Å². The third-order valence-electron chi connectivity index (χ3n) is 3.31. The summed E-state index contributed by atoms with van der Waals surface area (Å²) >= 11 is 1.12. The van der Waals surface area contributed by atoms with Crippen LogP contribution in [-0.4, -0.2) is 48.7 Å². The maximum absolute atomic E-state index is 12.2. The second-order valence-electron chi connectivity index (χ2n) is 5.04. The van der Waals surface area contributed by atoms with Gasteiger partial charge in [-0.25, -0.2) is 17.7 Å². The molecule has 0 aliphatic carbocycles. The van der Waals surface area contributed by atoms with E-state index in [1.54, 1.807) is 0 Å². The van der Waals surface area contributed by atoms with Crippen molar-refractivity contribution in [2.75, 3.05) is 24.7 Å². The number of rotatable bonds is 4. The molecule has 1 aromatic heterocycles. The quantitative estimate of drug-likeness (QED) is 0.829. The minimum Gasteiger partial charge on any atom is -0.302 e. The molecule has 1 N–H and O–H groups in total. The standard InChI is InChI=1S/C12H17N3O4S2/c1-8(16)10-6-13-12(20-10)14-11(17)9-4-3-5-15(7-9)21(2,18)19/h6,9H,3-5,7H2,1-2H3,(H,13,14,17)/t9-/m1/s1. The van der Waals surface area contributed by atoms with Gasteiger partial charge in [-0.3, -0.25) is 9.59 Å². The van der Waals surface area contributed by atoms with Gasteiger partial charge in [-0.15, -0.1) is 0 Å². The molecular weight excluding hydrogens is 314 g/mol. The van der Waals surface area contributed by atoms with Gasteiger partial charge in [0.2, 0.25) is 15.9 Å². The van der Waals surface area contributed by atoms with Gasteiger partial charge in [-0.1, -0.05) is 11.3 Å². The van der Waals surface area contributed by atoms with Crippen molar-refractivity contribution in [1.82, 2.24) is 9.29 Å². The number of thiazole rings is 1. The normalized spacial score (nSPS) is 20.2. The van der Waals surface area contributed by atoms with Crippen molar-refractivity contribution in [3.8, 4) is 0 Å². The van der Waals surface area contributed by atoms with Crippen molar-refractivity contribution in [3.63, 3.8) is 0 Å². The highest BCUT2D eigenvalue weighted by Crippen LogP contribution is 2.23. The number of carbonyl (C=O) groups excluding carboxylic acids is 2. The number of aromatic nitrogens is 1. The molecule has 1 aromatic rings. The molecule has 116 valence electrons. The van der Waals surface area contributed by atoms with Gasteiger partial charge in [0.25, 0.3) is 0 Å². The molecule has 9 heteroatoms. The summed E-state index contributed by atoms with van der Waals surface area (Å²) in [5.74, 6) is -0.750. The Kier molecular flexibility index (Phi) is 4.74. The molecule has 0 saturated carbocycles. The number of hydrogen-bond acceptors (Lipinski definition) is 6. The fourth-order valence-electron chi connectivity index (χ4n) is 2.16. The largest absolute Gasteiger partial charge is 0.302 e. The highest BCUT2D eigenvalue weighted by molar-refractivity contribution is 7.88. The van der Waals surface area contributed by atoms with Gasteiger partial charge in [-0.2, -0.15) is 0 Å². The minimum atomic E-state index is -3.28. The van der Waals surface area contributed by atoms with E-state index in [9.17, 15) is 18.0 Å². The minimum absolute atomic E-state index is 0.103. The Morgan fingerprint density at radius 1 is 1.48 bits per heavy atom. The van der Waals surface area contributed by atoms with Gasteiger partial charge in [0.05, 0.1) is 23.2 Å². The van der Waals surface area contributed by atoms with E-state index in [-0.39, 0.29) is 18.2 Å². The van der Waals surface area contributed by atoms with Gasteiger partial charge in [-0.05, 0) is 12.8 Å². The summed E-state index contributed by atoms with van der Waals surface area (Å²) in [6.45, 7) is 2.08. The lowest BCUT2D eigenvalue weighted by Gasteiger charge is -2.29. The van der Waals surface area contributed by atoms with E-state index in [2.05, 4.69) is 10.3 Å². The van der Waals surface area contributed by atoms with E-state index in [0.717, 1.165) is 17.6 Å². The third kappa shape index (κ3) is 4.08. The van der Waals surface area contributed by atoms with Crippen molar-refractivity contribution >= 4 is 38.2 Å². The number of nitrogens with zero attached hydrogens (tertiary/aromatic N) is 2. The van der Waals surface area contributed by atoms with E-state index >= 15 is 0 Å². The van der Waals surface area contributed by atoms with E-state index in [0.29, 0.717) is 29.4 Å². The smallest absolute Gasteiger partial charge is 0.230 e. The van der Waals surface area contributed by atoms with E-state index < -0.39 is 15.9 Å². The second-order valence-corrected chi connectivity index (χ2v) is 8.05. The number of anilines is 1. The molecule has 0 unspecified atom stereocenters. The Balaban J connectivity index is 2.01. The summed E-state index contributed by atoms with van der Waals surface area (Å²) in [4.78, 5) is 27.8. The molecule has 0 spiro atoms. The number of nitrogens with one attached hydrogen (secondary N) is 1. The molecular formula is C12H17N3O4S2. The first-order valence-corrected chi connectivity index (χ1v) is 9.16. The van der Waals surface area contributed by atoms with Crippen LogP contribution in [0.1, 0.15) is 29.4 Å². The van der Waals surface area contributed by atoms with Crippen LogP contribution in [0.25, 0.3) is 0 Å². The van der Waals surface area contributed by atoms with Crippen LogP contribution >= 0.6 is 11.3 Å². The number of Topliss-reactive ketones (excluding diaryl/α,β-unsaturated/α-hetero) is 1. The zero-order valence-electron chi connectivity index (χ0n) is 11.8. The number of piperidine rings is 1. The molecule has 7 nitrogen and oxygen atoms in total. The van der Waals surface area contributed by atoms with Crippen LogP contribution in [0.2, 0.25) is 0 Å². The molecule has 0 bridgehead atoms. The predicted molar refractivity (Wildman–Crippen MR) is 79.9 cm³/mol. The average molecular weight is 331 g/mol. The summed E-state index contributed by atoms with van der Waals surface area (Å²) < 4.78 is 24.4. The first-order valence-electron chi connectivity index (χ1n) is 6.50. The predicted octanol–water partition coefficient (Wildman–Crippen LogP) is 0.956. The lowest BCUT2D eigenvalue weighted by Crippen LogP contribution is -2.43. The molecule has 1 aliphatic heterocycles. The second kappa shape index (κ2) is 6.20. The summed E-state index contributed by atoms with van der Waals surface area (Å²) in [5, 5.41) is 3.02. The molecule has 2 rings (SSSR count). The van der Waals surface area contributed by atoms with E-state index in [4.69, 9.17) is 0 Å². The summed E-state index contributed by atoms with van der Waals surface area (Å²) in [6.07, 6.45) is 3.87. The number of sulfonamides is 1. The van der Waals surface area contributed by atoms with Crippen LogP contribution in [0.5, 0.6) is 0 Å². The highest BCUT2D eigenvalue weighted by atomic mass is 32.2. The van der Waals surface area contributed by atoms with Crippen molar-refractivity contribution < 1.29 is 18.0 Å². The van der Waals surface area contributed by atoms with Crippen molar-refractivity contribution in [2.24, 2.45) is 5.92 Å². The lowest BCUT2D eigenvalue weighted by atomic mass is 9.99. The Labute approximate surface area is 127 Å². The summed E-state index contributed by atoms with van der Waals surface area (Å²) in [7, 11) is -3.28. The monoisotopic (exact) mass is 331 g/mol. The first-order chi connectivity index (χ1) is 9.77. The Morgan fingerprint density at radius 2 is 2.19 bits per heavy atom. The van der Waals surface area contributed by atoms with Gasteiger partial charge in [0.1, 0.15) is 0 Å². The van der Waals surface area contributed by atoms with E-state index in [1.165, 1.54) is 17.4 Å². The van der Waals surface area contributed by atoms with Crippen LogP contribution < -0.4 is 5.32 Å². The number of amides is 1. The van der Waals surface area contributed by atoms with Crippen molar-refractivity contribution in [3.05, 3.63) is 11.1 Å². The molecule has 1 fully saturated rings. The molecule has 1 saturated heterocycles. The zero-order chi connectivity index (χ0) is 15.6. The number of hydrogen-bond donors (Lipinski definition) is 1. The van der Waals surface area contributed by atoms with Crippen LogP contribution in [0.3, 0.4) is 0 Å². The lowest BCUT2D eigenvalue weighted by molar-refractivity contribution is -0.120. The zero-order valence-corrected chi connectivity index (χ0v) is 13.5. The van der Waals surface area contributed by atoms with Crippen LogP contribution in [-0.2, 0) is 14.8 Å².